The van der Waals surface area contributed by atoms with Crippen molar-refractivity contribution in [3.05, 3.63) is 151 Å². The molecule has 4 nitrogen and oxygen atoms in total. The number of fused-ring (bicyclic) bond motifs is 4. The van der Waals surface area contributed by atoms with E-state index in [1.54, 1.807) is 0 Å². The molecule has 4 aliphatic carbocycles. The number of hydrogen-bond donors (Lipinski definition) is 0. The summed E-state index contributed by atoms with van der Waals surface area (Å²) in [5.41, 5.74) is 18.0. The van der Waals surface area contributed by atoms with Gasteiger partial charge in [0.1, 0.15) is 25.1 Å². The van der Waals surface area contributed by atoms with Crippen molar-refractivity contribution in [1.29, 1.82) is 0 Å². The number of allylic oxidation sites excluding steroid dienone is 2. The van der Waals surface area contributed by atoms with E-state index in [-0.39, 0.29) is 10.8 Å². The molecule has 0 saturated heterocycles. The summed E-state index contributed by atoms with van der Waals surface area (Å²) in [7, 11) is 0. The molecule has 0 aliphatic heterocycles. The molecule has 0 radical (unpaired) electrons. The zero-order chi connectivity index (χ0) is 42.5. The standard InChI is InChI=1S/2C15H18O.2C12H14O/c1-11(10-16)8-12-4-5-14-13(9-12)6-7-15(14,2)3;1-11(10-16)8-12-4-5-13-6-7-15(2,3)14(13)9-12;1-12(2)6-5-10-7-9(8-13)3-4-11(10)12;1-12(2)6-5-10-4-3-9(8-13)7-11(10)12/h2*4-5,8-10H,6-7H2,1-3H3;2*3-4,7-8H,5-6H2,1-2H3/b2*11-8+;;. The van der Waals surface area contributed by atoms with Crippen LogP contribution < -0.4 is 0 Å². The van der Waals surface area contributed by atoms with Gasteiger partial charge < -0.3 is 0 Å². The minimum absolute atomic E-state index is 0.258. The van der Waals surface area contributed by atoms with Gasteiger partial charge in [0.25, 0.3) is 0 Å². The van der Waals surface area contributed by atoms with Gasteiger partial charge in [0.05, 0.1) is 0 Å². The highest BCUT2D eigenvalue weighted by atomic mass is 16.1. The van der Waals surface area contributed by atoms with Gasteiger partial charge in [0.15, 0.2) is 0 Å². The van der Waals surface area contributed by atoms with E-state index in [0.29, 0.717) is 10.8 Å². The molecule has 0 saturated carbocycles. The Bertz CT molecular complexity index is 2240. The SMILES string of the molecule is C/C(C=O)=C\c1ccc2c(c1)C(C)(C)CC2.C/C(C=O)=C\c1ccc2c(c1)CCC2(C)C.CC1(C)CCc2cc(C=O)ccc21.CC1(C)CCc2ccc(C=O)cc21. The third kappa shape index (κ3) is 10.4. The third-order valence-electron chi connectivity index (χ3n) is 13.0. The summed E-state index contributed by atoms with van der Waals surface area (Å²) in [5.74, 6) is 0. The van der Waals surface area contributed by atoms with Gasteiger partial charge in [-0.1, -0.05) is 116 Å². The number of hydrogen-bond acceptors (Lipinski definition) is 4. The molecule has 4 aromatic carbocycles. The lowest BCUT2D eigenvalue weighted by atomic mass is 9.86. The van der Waals surface area contributed by atoms with Gasteiger partial charge in [-0.15, -0.1) is 0 Å². The maximum Gasteiger partial charge on any atom is 0.150 e. The summed E-state index contributed by atoms with van der Waals surface area (Å²) in [6, 6.07) is 25.2. The minimum atomic E-state index is 0.258. The van der Waals surface area contributed by atoms with E-state index in [1.807, 2.05) is 50.3 Å². The summed E-state index contributed by atoms with van der Waals surface area (Å²) in [6.07, 6.45) is 17.0. The van der Waals surface area contributed by atoms with E-state index in [0.717, 1.165) is 77.8 Å². The largest absolute Gasteiger partial charge is 0.298 e. The van der Waals surface area contributed by atoms with Crippen molar-refractivity contribution in [3.8, 4) is 0 Å². The highest BCUT2D eigenvalue weighted by Gasteiger charge is 2.32. The highest BCUT2D eigenvalue weighted by molar-refractivity contribution is 5.81. The molecular formula is C54H64O4. The lowest BCUT2D eigenvalue weighted by molar-refractivity contribution is -0.105. The van der Waals surface area contributed by atoms with Crippen LogP contribution in [0.1, 0.15) is 171 Å². The number of aryl methyl sites for hydroxylation is 4. The van der Waals surface area contributed by atoms with Gasteiger partial charge in [-0.2, -0.15) is 0 Å². The summed E-state index contributed by atoms with van der Waals surface area (Å²) in [6.45, 7) is 21.9. The molecule has 0 aromatic heterocycles. The summed E-state index contributed by atoms with van der Waals surface area (Å²) < 4.78 is 0. The van der Waals surface area contributed by atoms with Crippen molar-refractivity contribution in [2.24, 2.45) is 0 Å². The predicted molar refractivity (Wildman–Crippen MR) is 241 cm³/mol. The summed E-state index contributed by atoms with van der Waals surface area (Å²) in [5, 5.41) is 0. The van der Waals surface area contributed by atoms with E-state index in [4.69, 9.17) is 0 Å². The second-order valence-electron chi connectivity index (χ2n) is 19.4. The molecule has 4 heteroatoms. The Balaban J connectivity index is 0.000000148. The molecule has 0 bridgehead atoms. The molecule has 0 amide bonds. The first-order valence-electron chi connectivity index (χ1n) is 21.0. The number of carbonyl (C=O) groups excluding carboxylic acids is 4. The van der Waals surface area contributed by atoms with E-state index < -0.39 is 0 Å². The average molecular weight is 777 g/mol. The topological polar surface area (TPSA) is 68.3 Å². The quantitative estimate of drug-likeness (QED) is 0.144. The van der Waals surface area contributed by atoms with Crippen LogP contribution in [-0.2, 0) is 56.9 Å². The number of aldehydes is 4. The smallest absolute Gasteiger partial charge is 0.150 e. The number of carbonyl (C=O) groups is 4. The van der Waals surface area contributed by atoms with E-state index in [9.17, 15) is 19.2 Å². The second-order valence-corrected chi connectivity index (χ2v) is 19.4. The normalized spacial score (nSPS) is 18.3. The molecule has 4 aromatic rings. The second kappa shape index (κ2) is 17.9. The lowest BCUT2D eigenvalue weighted by Crippen LogP contribution is -2.11. The van der Waals surface area contributed by atoms with Crippen LogP contribution in [-0.4, -0.2) is 25.1 Å². The van der Waals surface area contributed by atoms with Crippen LogP contribution in [0.15, 0.2) is 83.9 Å². The van der Waals surface area contributed by atoms with Crippen molar-refractivity contribution in [2.75, 3.05) is 0 Å². The van der Waals surface area contributed by atoms with Gasteiger partial charge in [-0.3, -0.25) is 19.2 Å². The van der Waals surface area contributed by atoms with Crippen LogP contribution in [0.5, 0.6) is 0 Å². The molecule has 4 aliphatic rings. The Kier molecular flexibility index (Phi) is 13.6. The van der Waals surface area contributed by atoms with Gasteiger partial charge in [-0.25, -0.2) is 0 Å². The van der Waals surface area contributed by atoms with Crippen molar-refractivity contribution >= 4 is 37.3 Å². The maximum atomic E-state index is 10.6. The summed E-state index contributed by atoms with van der Waals surface area (Å²) >= 11 is 0. The molecule has 58 heavy (non-hydrogen) atoms. The molecule has 0 N–H and O–H groups in total. The van der Waals surface area contributed by atoms with Gasteiger partial charge >= 0.3 is 0 Å². The fourth-order valence-electron chi connectivity index (χ4n) is 9.09. The number of rotatable bonds is 6. The van der Waals surface area contributed by atoms with Gasteiger partial charge in [0, 0.05) is 11.1 Å². The highest BCUT2D eigenvalue weighted by Crippen LogP contribution is 2.41. The lowest BCUT2D eigenvalue weighted by Gasteiger charge is -2.19. The Morgan fingerprint density at radius 3 is 1.14 bits per heavy atom. The molecule has 0 atom stereocenters. The van der Waals surface area contributed by atoms with Crippen LogP contribution in [0.25, 0.3) is 12.2 Å². The fraction of sp³-hybridized carbons (Fsp3) is 0.407. The first-order chi connectivity index (χ1) is 27.3. The predicted octanol–water partition coefficient (Wildman–Crippen LogP) is 12.5. The Morgan fingerprint density at radius 2 is 0.707 bits per heavy atom. The summed E-state index contributed by atoms with van der Waals surface area (Å²) in [4.78, 5) is 42.4. The Hall–Kier alpha value is -4.96. The minimum Gasteiger partial charge on any atom is -0.298 e. The van der Waals surface area contributed by atoms with E-state index >= 15 is 0 Å². The van der Waals surface area contributed by atoms with Crippen molar-refractivity contribution in [1.82, 2.24) is 0 Å². The van der Waals surface area contributed by atoms with Crippen molar-refractivity contribution in [2.45, 2.75) is 142 Å². The van der Waals surface area contributed by atoms with E-state index in [2.05, 4.69) is 104 Å². The Labute approximate surface area is 348 Å². The van der Waals surface area contributed by atoms with Crippen LogP contribution in [0.2, 0.25) is 0 Å². The van der Waals surface area contributed by atoms with Crippen molar-refractivity contribution in [3.63, 3.8) is 0 Å². The third-order valence-corrected chi connectivity index (χ3v) is 13.0. The molecule has 0 heterocycles. The zero-order valence-electron chi connectivity index (χ0n) is 36.7. The number of benzene rings is 4. The first-order valence-corrected chi connectivity index (χ1v) is 21.0. The Morgan fingerprint density at radius 1 is 0.397 bits per heavy atom. The van der Waals surface area contributed by atoms with Crippen LogP contribution >= 0.6 is 0 Å². The zero-order valence-corrected chi connectivity index (χ0v) is 36.7. The van der Waals surface area contributed by atoms with Gasteiger partial charge in [0.2, 0.25) is 0 Å². The van der Waals surface area contributed by atoms with Crippen LogP contribution in [0, 0.1) is 0 Å². The molecule has 0 unspecified atom stereocenters. The first kappa shape index (κ1) is 44.1. The molecule has 8 rings (SSSR count). The maximum absolute atomic E-state index is 10.6. The van der Waals surface area contributed by atoms with E-state index in [1.165, 1.54) is 76.6 Å². The molecule has 0 spiro atoms. The molecular weight excluding hydrogens is 713 g/mol. The monoisotopic (exact) mass is 776 g/mol. The van der Waals surface area contributed by atoms with Crippen LogP contribution in [0.3, 0.4) is 0 Å². The van der Waals surface area contributed by atoms with Crippen LogP contribution in [0.4, 0.5) is 0 Å². The average Bonchev–Trinajstić information content (AvgIpc) is 3.89. The fourth-order valence-corrected chi connectivity index (χ4v) is 9.09. The van der Waals surface area contributed by atoms with Crippen molar-refractivity contribution < 1.29 is 19.2 Å². The molecule has 304 valence electrons. The molecule has 0 fully saturated rings. The van der Waals surface area contributed by atoms with Gasteiger partial charge in [-0.05, 0) is 178 Å².